The predicted octanol–water partition coefficient (Wildman–Crippen LogP) is 4.78. The fourth-order valence-corrected chi connectivity index (χ4v) is 2.18. The quantitative estimate of drug-likeness (QED) is 0.704. The van der Waals surface area contributed by atoms with E-state index in [1.54, 1.807) is 48.5 Å². The number of anilines is 3. The van der Waals surface area contributed by atoms with Crippen LogP contribution in [0.25, 0.3) is 0 Å². The van der Waals surface area contributed by atoms with E-state index >= 15 is 0 Å². The minimum absolute atomic E-state index is 0.214. The number of carbonyl (C=O) groups excluding carboxylic acids is 1. The first-order valence-corrected chi connectivity index (χ1v) is 7.79. The van der Waals surface area contributed by atoms with Crippen molar-refractivity contribution in [2.75, 3.05) is 10.6 Å². The molecule has 0 atom stereocenters. The molecule has 5 nitrogen and oxygen atoms in total. The van der Waals surface area contributed by atoms with Crippen LogP contribution in [-0.4, -0.2) is 16.1 Å². The Labute approximate surface area is 148 Å². The average molecular weight is 359 g/mol. The summed E-state index contributed by atoms with van der Waals surface area (Å²) < 4.78 is 0. The maximum atomic E-state index is 12.1. The normalized spacial score (nSPS) is 10.2. The van der Waals surface area contributed by atoms with Crippen LogP contribution in [-0.2, 0) is 0 Å². The molecule has 3 rings (SSSR count). The van der Waals surface area contributed by atoms with Crippen LogP contribution >= 0.6 is 23.2 Å². The third-order valence-electron chi connectivity index (χ3n) is 3.12. The van der Waals surface area contributed by atoms with E-state index in [2.05, 4.69) is 20.8 Å². The van der Waals surface area contributed by atoms with Crippen molar-refractivity contribution in [1.29, 1.82) is 0 Å². The monoisotopic (exact) mass is 358 g/mol. The van der Waals surface area contributed by atoms with Crippen LogP contribution in [0.5, 0.6) is 0 Å². The zero-order valence-corrected chi connectivity index (χ0v) is 13.8. The molecule has 1 heterocycles. The summed E-state index contributed by atoms with van der Waals surface area (Å²) in [5, 5.41) is 15.0. The molecule has 0 radical (unpaired) electrons. The Morgan fingerprint density at radius 3 is 1.88 bits per heavy atom. The Kier molecular flexibility index (Phi) is 4.93. The number of benzene rings is 2. The number of aromatic nitrogens is 2. The first kappa shape index (κ1) is 16.2. The fourth-order valence-electron chi connectivity index (χ4n) is 1.93. The van der Waals surface area contributed by atoms with Crippen LogP contribution in [0.3, 0.4) is 0 Å². The summed E-state index contributed by atoms with van der Waals surface area (Å²) in [6, 6.07) is 17.3. The zero-order chi connectivity index (χ0) is 16.9. The van der Waals surface area contributed by atoms with Gasteiger partial charge in [0, 0.05) is 21.4 Å². The van der Waals surface area contributed by atoms with Gasteiger partial charge in [-0.3, -0.25) is 4.79 Å². The molecule has 0 saturated carbocycles. The summed E-state index contributed by atoms with van der Waals surface area (Å²) in [4.78, 5) is 12.1. The summed E-state index contributed by atoms with van der Waals surface area (Å²) in [6.07, 6.45) is 0. The van der Waals surface area contributed by atoms with Gasteiger partial charge in [-0.05, 0) is 60.7 Å². The lowest BCUT2D eigenvalue weighted by molar-refractivity contribution is 0.102. The number of nitrogens with one attached hydrogen (secondary N) is 2. The first-order chi connectivity index (χ1) is 11.6. The first-order valence-electron chi connectivity index (χ1n) is 7.03. The van der Waals surface area contributed by atoms with Crippen molar-refractivity contribution in [3.05, 3.63) is 76.4 Å². The number of hydrogen-bond donors (Lipinski definition) is 2. The minimum atomic E-state index is -0.345. The zero-order valence-electron chi connectivity index (χ0n) is 12.3. The van der Waals surface area contributed by atoms with Gasteiger partial charge in [0.25, 0.3) is 5.91 Å². The van der Waals surface area contributed by atoms with Gasteiger partial charge < -0.3 is 10.6 Å². The number of nitrogens with zero attached hydrogens (tertiary/aromatic N) is 2. The van der Waals surface area contributed by atoms with Crippen molar-refractivity contribution in [1.82, 2.24) is 10.2 Å². The van der Waals surface area contributed by atoms with E-state index in [1.807, 2.05) is 12.1 Å². The molecule has 0 bridgehead atoms. The minimum Gasteiger partial charge on any atom is -0.339 e. The largest absolute Gasteiger partial charge is 0.339 e. The topological polar surface area (TPSA) is 66.9 Å². The number of amides is 1. The average Bonchev–Trinajstić information content (AvgIpc) is 2.59. The molecule has 0 aliphatic heterocycles. The van der Waals surface area contributed by atoms with Gasteiger partial charge >= 0.3 is 0 Å². The van der Waals surface area contributed by atoms with Crippen molar-refractivity contribution >= 4 is 46.3 Å². The second kappa shape index (κ2) is 7.29. The van der Waals surface area contributed by atoms with Crippen molar-refractivity contribution in [3.8, 4) is 0 Å². The predicted molar refractivity (Wildman–Crippen MR) is 96.2 cm³/mol. The summed E-state index contributed by atoms with van der Waals surface area (Å²) in [7, 11) is 0. The molecule has 0 spiro atoms. The van der Waals surface area contributed by atoms with Crippen molar-refractivity contribution < 1.29 is 4.79 Å². The Morgan fingerprint density at radius 2 is 1.33 bits per heavy atom. The molecule has 0 unspecified atom stereocenters. The fraction of sp³-hybridized carbons (Fsp3) is 0. The summed E-state index contributed by atoms with van der Waals surface area (Å²) in [5.74, 6) is 0.184. The molecule has 24 heavy (non-hydrogen) atoms. The SMILES string of the molecule is O=C(Nc1ccc(Cl)cc1)c1ccc(Nc2ccc(Cl)cc2)nn1. The Bertz CT molecular complexity index is 834. The van der Waals surface area contributed by atoms with Crippen molar-refractivity contribution in [2.45, 2.75) is 0 Å². The molecule has 1 aromatic heterocycles. The van der Waals surface area contributed by atoms with Crippen LogP contribution in [0.2, 0.25) is 10.0 Å². The molecular weight excluding hydrogens is 347 g/mol. The highest BCUT2D eigenvalue weighted by Crippen LogP contribution is 2.18. The smallest absolute Gasteiger partial charge is 0.276 e. The molecule has 7 heteroatoms. The lowest BCUT2D eigenvalue weighted by Crippen LogP contribution is -2.14. The van der Waals surface area contributed by atoms with E-state index in [-0.39, 0.29) is 11.6 Å². The van der Waals surface area contributed by atoms with Gasteiger partial charge in [0.1, 0.15) is 0 Å². The molecule has 2 N–H and O–H groups in total. The summed E-state index contributed by atoms with van der Waals surface area (Å²) >= 11 is 11.6. The molecule has 3 aromatic rings. The Balaban J connectivity index is 1.66. The highest BCUT2D eigenvalue weighted by molar-refractivity contribution is 6.30. The third kappa shape index (κ3) is 4.22. The molecule has 1 amide bonds. The van der Waals surface area contributed by atoms with E-state index in [0.717, 1.165) is 5.69 Å². The van der Waals surface area contributed by atoms with Crippen LogP contribution < -0.4 is 10.6 Å². The van der Waals surface area contributed by atoms with Gasteiger partial charge in [0.15, 0.2) is 11.5 Å². The van der Waals surface area contributed by atoms with Gasteiger partial charge in [-0.15, -0.1) is 10.2 Å². The second-order valence-electron chi connectivity index (χ2n) is 4.90. The van der Waals surface area contributed by atoms with Gasteiger partial charge in [-0.2, -0.15) is 0 Å². The highest BCUT2D eigenvalue weighted by atomic mass is 35.5. The third-order valence-corrected chi connectivity index (χ3v) is 3.62. The van der Waals surface area contributed by atoms with E-state index in [4.69, 9.17) is 23.2 Å². The molecule has 0 aliphatic rings. The van der Waals surface area contributed by atoms with Gasteiger partial charge in [0.05, 0.1) is 0 Å². The van der Waals surface area contributed by atoms with Crippen LogP contribution in [0.1, 0.15) is 10.5 Å². The van der Waals surface area contributed by atoms with E-state index in [1.165, 1.54) is 0 Å². The second-order valence-corrected chi connectivity index (χ2v) is 5.77. The highest BCUT2D eigenvalue weighted by Gasteiger charge is 2.09. The van der Waals surface area contributed by atoms with E-state index < -0.39 is 0 Å². The summed E-state index contributed by atoms with van der Waals surface area (Å²) in [5.41, 5.74) is 1.67. The van der Waals surface area contributed by atoms with Gasteiger partial charge in [-0.1, -0.05) is 23.2 Å². The molecule has 120 valence electrons. The standard InChI is InChI=1S/C17H12Cl2N4O/c18-11-1-5-13(6-2-11)20-16-10-9-15(22-23-16)17(24)21-14-7-3-12(19)4-8-14/h1-10H,(H,20,23)(H,21,24). The molecule has 2 aromatic carbocycles. The lowest BCUT2D eigenvalue weighted by Gasteiger charge is -2.07. The molecular formula is C17H12Cl2N4O. The maximum absolute atomic E-state index is 12.1. The number of carbonyl (C=O) groups is 1. The number of halogens is 2. The molecule has 0 aliphatic carbocycles. The lowest BCUT2D eigenvalue weighted by atomic mass is 10.3. The number of hydrogen-bond acceptors (Lipinski definition) is 4. The van der Waals surface area contributed by atoms with Gasteiger partial charge in [-0.25, -0.2) is 0 Å². The molecule has 0 saturated heterocycles. The van der Waals surface area contributed by atoms with Crippen LogP contribution in [0.4, 0.5) is 17.2 Å². The summed E-state index contributed by atoms with van der Waals surface area (Å²) in [6.45, 7) is 0. The van der Waals surface area contributed by atoms with E-state index in [0.29, 0.717) is 21.6 Å². The van der Waals surface area contributed by atoms with Crippen LogP contribution in [0.15, 0.2) is 60.7 Å². The molecule has 0 fully saturated rings. The maximum Gasteiger partial charge on any atom is 0.276 e. The Hall–Kier alpha value is -2.63. The Morgan fingerprint density at radius 1 is 0.750 bits per heavy atom. The van der Waals surface area contributed by atoms with Crippen LogP contribution in [0, 0.1) is 0 Å². The van der Waals surface area contributed by atoms with E-state index in [9.17, 15) is 4.79 Å². The van der Waals surface area contributed by atoms with Gasteiger partial charge in [0.2, 0.25) is 0 Å². The van der Waals surface area contributed by atoms with Crippen molar-refractivity contribution in [2.24, 2.45) is 0 Å². The number of rotatable bonds is 4. The van der Waals surface area contributed by atoms with Crippen molar-refractivity contribution in [3.63, 3.8) is 0 Å².